The van der Waals surface area contributed by atoms with Gasteiger partial charge in [0.15, 0.2) is 5.89 Å². The Hall–Kier alpha value is -1.36. The summed E-state index contributed by atoms with van der Waals surface area (Å²) in [4.78, 5) is 15.1. The number of carboxylic acids is 1. The Morgan fingerprint density at radius 2 is 2.40 bits per heavy atom. The highest BCUT2D eigenvalue weighted by Crippen LogP contribution is 2.41. The van der Waals surface area contributed by atoms with E-state index in [0.29, 0.717) is 24.6 Å². The van der Waals surface area contributed by atoms with E-state index in [4.69, 9.17) is 14.3 Å². The Bertz CT molecular complexity index is 367. The predicted molar refractivity (Wildman–Crippen MR) is 51.0 cm³/mol. The Morgan fingerprint density at radius 3 is 2.93 bits per heavy atom. The number of methoxy groups -OCH3 is 1. The van der Waals surface area contributed by atoms with Crippen LogP contribution in [0.2, 0.25) is 0 Å². The quantitative estimate of drug-likeness (QED) is 0.797. The molecular formula is C10H13NO4. The molecule has 0 saturated heterocycles. The topological polar surface area (TPSA) is 72.6 Å². The van der Waals surface area contributed by atoms with Gasteiger partial charge in [-0.2, -0.15) is 0 Å². The molecule has 15 heavy (non-hydrogen) atoms. The molecule has 0 bridgehead atoms. The fourth-order valence-electron chi connectivity index (χ4n) is 1.46. The van der Waals surface area contributed by atoms with Crippen LogP contribution in [0.15, 0.2) is 4.42 Å². The van der Waals surface area contributed by atoms with Gasteiger partial charge in [0.25, 0.3) is 0 Å². The van der Waals surface area contributed by atoms with Crippen molar-refractivity contribution in [3.05, 3.63) is 17.3 Å². The monoisotopic (exact) mass is 211 g/mol. The zero-order valence-corrected chi connectivity index (χ0v) is 8.52. The van der Waals surface area contributed by atoms with E-state index in [1.807, 2.05) is 0 Å². The maximum Gasteiger partial charge on any atom is 0.373 e. The average molecular weight is 211 g/mol. The summed E-state index contributed by atoms with van der Waals surface area (Å²) in [6, 6.07) is 0. The molecule has 1 N–H and O–H groups in total. The zero-order valence-electron chi connectivity index (χ0n) is 8.52. The standard InChI is InChI=1S/C10H13NO4/c1-14-5-4-7-11-8(6-2-3-6)9(15-7)10(12)13/h6H,2-5H2,1H3,(H,12,13). The van der Waals surface area contributed by atoms with Gasteiger partial charge in [0.1, 0.15) is 0 Å². The first-order chi connectivity index (χ1) is 7.22. The van der Waals surface area contributed by atoms with Gasteiger partial charge in [0.2, 0.25) is 5.76 Å². The molecule has 0 aliphatic heterocycles. The minimum Gasteiger partial charge on any atom is -0.475 e. The average Bonchev–Trinajstić information content (AvgIpc) is 2.95. The number of nitrogens with zero attached hydrogens (tertiary/aromatic N) is 1. The van der Waals surface area contributed by atoms with Crippen LogP contribution in [-0.2, 0) is 11.2 Å². The third-order valence-electron chi connectivity index (χ3n) is 2.38. The summed E-state index contributed by atoms with van der Waals surface area (Å²) in [5.41, 5.74) is 0.605. The van der Waals surface area contributed by atoms with Crippen LogP contribution in [0.1, 0.15) is 40.9 Å². The Morgan fingerprint density at radius 1 is 1.67 bits per heavy atom. The molecule has 2 rings (SSSR count). The molecule has 1 aromatic rings. The van der Waals surface area contributed by atoms with Gasteiger partial charge in [-0.05, 0) is 12.8 Å². The lowest BCUT2D eigenvalue weighted by molar-refractivity contribution is 0.0657. The summed E-state index contributed by atoms with van der Waals surface area (Å²) < 4.78 is 10.1. The van der Waals surface area contributed by atoms with Crippen molar-refractivity contribution >= 4 is 5.97 Å². The van der Waals surface area contributed by atoms with E-state index >= 15 is 0 Å². The molecule has 0 atom stereocenters. The van der Waals surface area contributed by atoms with E-state index < -0.39 is 5.97 Å². The second-order valence-electron chi connectivity index (χ2n) is 3.64. The number of carboxylic acid groups (broad SMARTS) is 1. The summed E-state index contributed by atoms with van der Waals surface area (Å²) in [5, 5.41) is 8.92. The highest BCUT2D eigenvalue weighted by atomic mass is 16.5. The Kier molecular flexibility index (Phi) is 2.73. The molecule has 5 nitrogen and oxygen atoms in total. The molecule has 1 aliphatic rings. The van der Waals surface area contributed by atoms with Gasteiger partial charge < -0.3 is 14.3 Å². The molecule has 1 aromatic heterocycles. The Labute approximate surface area is 87.1 Å². The first-order valence-electron chi connectivity index (χ1n) is 4.94. The van der Waals surface area contributed by atoms with E-state index in [2.05, 4.69) is 4.98 Å². The third-order valence-corrected chi connectivity index (χ3v) is 2.38. The maximum absolute atomic E-state index is 10.9. The molecule has 0 unspecified atom stereocenters. The smallest absolute Gasteiger partial charge is 0.373 e. The van der Waals surface area contributed by atoms with Crippen molar-refractivity contribution in [1.29, 1.82) is 0 Å². The normalized spacial score (nSPS) is 15.5. The summed E-state index contributed by atoms with van der Waals surface area (Å²) in [6.45, 7) is 0.490. The predicted octanol–water partition coefficient (Wildman–Crippen LogP) is 1.44. The van der Waals surface area contributed by atoms with Gasteiger partial charge in [-0.3, -0.25) is 0 Å². The number of hydrogen-bond acceptors (Lipinski definition) is 4. The minimum atomic E-state index is -1.03. The molecule has 0 radical (unpaired) electrons. The largest absolute Gasteiger partial charge is 0.475 e. The van der Waals surface area contributed by atoms with Crippen LogP contribution in [-0.4, -0.2) is 29.8 Å². The van der Waals surface area contributed by atoms with Crippen molar-refractivity contribution < 1.29 is 19.1 Å². The maximum atomic E-state index is 10.9. The number of oxazole rings is 1. The van der Waals surface area contributed by atoms with Crippen LogP contribution in [0.4, 0.5) is 0 Å². The van der Waals surface area contributed by atoms with E-state index in [1.54, 1.807) is 7.11 Å². The number of rotatable bonds is 5. The highest BCUT2D eigenvalue weighted by Gasteiger charge is 2.33. The van der Waals surface area contributed by atoms with Gasteiger partial charge in [0.05, 0.1) is 12.3 Å². The Balaban J connectivity index is 2.19. The lowest BCUT2D eigenvalue weighted by atomic mass is 10.2. The van der Waals surface area contributed by atoms with Crippen molar-refractivity contribution in [2.24, 2.45) is 0 Å². The number of carbonyl (C=O) groups is 1. The van der Waals surface area contributed by atoms with E-state index in [1.165, 1.54) is 0 Å². The third kappa shape index (κ3) is 2.18. The van der Waals surface area contributed by atoms with Gasteiger partial charge in [-0.1, -0.05) is 0 Å². The first-order valence-corrected chi connectivity index (χ1v) is 4.94. The minimum absolute atomic E-state index is 0.00334. The van der Waals surface area contributed by atoms with Gasteiger partial charge in [0, 0.05) is 19.4 Å². The number of hydrogen-bond donors (Lipinski definition) is 1. The molecule has 1 heterocycles. The molecule has 1 saturated carbocycles. The molecule has 0 aromatic carbocycles. The molecule has 1 fully saturated rings. The number of aromatic carboxylic acids is 1. The van der Waals surface area contributed by atoms with E-state index in [-0.39, 0.29) is 11.7 Å². The first kappa shape index (κ1) is 10.2. The molecule has 82 valence electrons. The van der Waals surface area contributed by atoms with Crippen LogP contribution in [0.25, 0.3) is 0 Å². The van der Waals surface area contributed by atoms with Crippen molar-refractivity contribution in [3.8, 4) is 0 Å². The SMILES string of the molecule is COCCc1nc(C2CC2)c(C(=O)O)o1. The van der Waals surface area contributed by atoms with Crippen LogP contribution in [0.3, 0.4) is 0 Å². The second kappa shape index (κ2) is 4.02. The molecule has 1 aliphatic carbocycles. The lowest BCUT2D eigenvalue weighted by Gasteiger charge is -1.91. The fourth-order valence-corrected chi connectivity index (χ4v) is 1.46. The summed E-state index contributed by atoms with van der Waals surface area (Å²) in [6.07, 6.45) is 2.54. The summed E-state index contributed by atoms with van der Waals surface area (Å²) in [7, 11) is 1.59. The van der Waals surface area contributed by atoms with E-state index in [0.717, 1.165) is 12.8 Å². The van der Waals surface area contributed by atoms with Crippen LogP contribution in [0.5, 0.6) is 0 Å². The van der Waals surface area contributed by atoms with Crippen molar-refractivity contribution in [2.45, 2.75) is 25.2 Å². The summed E-state index contributed by atoms with van der Waals surface area (Å²) in [5.74, 6) is -0.288. The van der Waals surface area contributed by atoms with Crippen molar-refractivity contribution in [1.82, 2.24) is 4.98 Å². The second-order valence-corrected chi connectivity index (χ2v) is 3.64. The highest BCUT2D eigenvalue weighted by molar-refractivity contribution is 5.85. The molecule has 5 heteroatoms. The van der Waals surface area contributed by atoms with Crippen LogP contribution in [0, 0.1) is 0 Å². The van der Waals surface area contributed by atoms with Crippen LogP contribution < -0.4 is 0 Å². The summed E-state index contributed by atoms with van der Waals surface area (Å²) >= 11 is 0. The number of ether oxygens (including phenoxy) is 1. The van der Waals surface area contributed by atoms with Gasteiger partial charge in [-0.25, -0.2) is 9.78 Å². The van der Waals surface area contributed by atoms with E-state index in [9.17, 15) is 4.79 Å². The lowest BCUT2D eigenvalue weighted by Crippen LogP contribution is -1.98. The molecular weight excluding hydrogens is 198 g/mol. The fraction of sp³-hybridized carbons (Fsp3) is 0.600. The molecule has 0 spiro atoms. The van der Waals surface area contributed by atoms with Gasteiger partial charge >= 0.3 is 5.97 Å². The van der Waals surface area contributed by atoms with Crippen LogP contribution >= 0.6 is 0 Å². The zero-order chi connectivity index (χ0) is 10.8. The van der Waals surface area contributed by atoms with Crippen molar-refractivity contribution in [3.63, 3.8) is 0 Å². The molecule has 0 amide bonds. The van der Waals surface area contributed by atoms with Crippen molar-refractivity contribution in [2.75, 3.05) is 13.7 Å². The number of aromatic nitrogens is 1. The van der Waals surface area contributed by atoms with Gasteiger partial charge in [-0.15, -0.1) is 0 Å².